The van der Waals surface area contributed by atoms with Gasteiger partial charge in [-0.3, -0.25) is 4.99 Å². The molecular formula is C10H19IN4S. The van der Waals surface area contributed by atoms with Gasteiger partial charge in [-0.05, 0) is 0 Å². The van der Waals surface area contributed by atoms with E-state index in [4.69, 9.17) is 11.5 Å². The summed E-state index contributed by atoms with van der Waals surface area (Å²) < 4.78 is 0. The fourth-order valence-corrected chi connectivity index (χ4v) is 2.01. The number of thiazole rings is 1. The van der Waals surface area contributed by atoms with Crippen molar-refractivity contribution in [2.75, 3.05) is 6.54 Å². The molecule has 0 aromatic carbocycles. The number of halogens is 1. The molecule has 1 rings (SSSR count). The number of aromatic nitrogens is 1. The van der Waals surface area contributed by atoms with Crippen LogP contribution in [0.2, 0.25) is 0 Å². The van der Waals surface area contributed by atoms with Gasteiger partial charge in [0.2, 0.25) is 0 Å². The molecule has 0 unspecified atom stereocenters. The van der Waals surface area contributed by atoms with Gasteiger partial charge in [-0.2, -0.15) is 0 Å². The van der Waals surface area contributed by atoms with Gasteiger partial charge in [0.1, 0.15) is 0 Å². The monoisotopic (exact) mass is 354 g/mol. The van der Waals surface area contributed by atoms with Gasteiger partial charge in [-0.25, -0.2) is 4.98 Å². The van der Waals surface area contributed by atoms with Crippen molar-refractivity contribution in [3.63, 3.8) is 0 Å². The highest BCUT2D eigenvalue weighted by molar-refractivity contribution is 14.0. The van der Waals surface area contributed by atoms with Crippen molar-refractivity contribution in [1.29, 1.82) is 0 Å². The minimum Gasteiger partial charge on any atom is -0.370 e. The van der Waals surface area contributed by atoms with Crippen molar-refractivity contribution in [3.05, 3.63) is 16.1 Å². The minimum atomic E-state index is 0. The standard InChI is InChI=1S/C10H18N4S.HI/c1-10(2,3)8-14-7(6-15-8)4-5-13-9(11)12;/h6H,4-5H2,1-3H3,(H4,11,12,13);1H. The zero-order valence-corrected chi connectivity index (χ0v) is 13.0. The molecule has 0 amide bonds. The van der Waals surface area contributed by atoms with Crippen LogP contribution in [0, 0.1) is 0 Å². The molecule has 0 aliphatic rings. The Morgan fingerprint density at radius 3 is 2.50 bits per heavy atom. The molecule has 0 spiro atoms. The summed E-state index contributed by atoms with van der Waals surface area (Å²) in [5.74, 6) is 0.140. The van der Waals surface area contributed by atoms with Crippen LogP contribution in [0.5, 0.6) is 0 Å². The molecule has 0 aliphatic carbocycles. The van der Waals surface area contributed by atoms with E-state index in [1.165, 1.54) is 0 Å². The minimum absolute atomic E-state index is 0. The van der Waals surface area contributed by atoms with Crippen molar-refractivity contribution < 1.29 is 0 Å². The van der Waals surface area contributed by atoms with E-state index in [0.29, 0.717) is 6.54 Å². The van der Waals surface area contributed by atoms with Crippen LogP contribution < -0.4 is 11.5 Å². The normalized spacial score (nSPS) is 10.7. The van der Waals surface area contributed by atoms with Crippen molar-refractivity contribution >= 4 is 41.3 Å². The number of hydrogen-bond donors (Lipinski definition) is 2. The Bertz CT molecular complexity index is 350. The highest BCUT2D eigenvalue weighted by Gasteiger charge is 2.17. The van der Waals surface area contributed by atoms with Crippen molar-refractivity contribution in [1.82, 2.24) is 4.98 Å². The molecule has 0 radical (unpaired) electrons. The van der Waals surface area contributed by atoms with Crippen LogP contribution in [0.4, 0.5) is 0 Å². The maximum atomic E-state index is 5.24. The van der Waals surface area contributed by atoms with E-state index in [-0.39, 0.29) is 35.4 Å². The second-order valence-electron chi connectivity index (χ2n) is 4.45. The van der Waals surface area contributed by atoms with E-state index in [1.54, 1.807) is 11.3 Å². The molecule has 0 atom stereocenters. The van der Waals surface area contributed by atoms with Crippen LogP contribution in [-0.4, -0.2) is 17.5 Å². The molecule has 6 heteroatoms. The Morgan fingerprint density at radius 2 is 2.06 bits per heavy atom. The summed E-state index contributed by atoms with van der Waals surface area (Å²) in [7, 11) is 0. The molecule has 0 bridgehead atoms. The summed E-state index contributed by atoms with van der Waals surface area (Å²) >= 11 is 1.69. The summed E-state index contributed by atoms with van der Waals surface area (Å²) in [6, 6.07) is 0. The Kier molecular flexibility index (Phi) is 6.24. The first kappa shape index (κ1) is 15.6. The summed E-state index contributed by atoms with van der Waals surface area (Å²) in [5.41, 5.74) is 11.7. The molecule has 0 saturated heterocycles. The first-order valence-corrected chi connectivity index (χ1v) is 5.78. The predicted molar refractivity (Wildman–Crippen MR) is 80.6 cm³/mol. The molecule has 4 N–H and O–H groups in total. The largest absolute Gasteiger partial charge is 0.370 e. The van der Waals surface area contributed by atoms with Gasteiger partial charge < -0.3 is 11.5 Å². The number of nitrogens with two attached hydrogens (primary N) is 2. The fraction of sp³-hybridized carbons (Fsp3) is 0.600. The van der Waals surface area contributed by atoms with Gasteiger partial charge in [0.25, 0.3) is 0 Å². The van der Waals surface area contributed by atoms with Crippen LogP contribution in [-0.2, 0) is 11.8 Å². The number of aliphatic imine (C=N–C) groups is 1. The lowest BCUT2D eigenvalue weighted by molar-refractivity contribution is 0.583. The van der Waals surface area contributed by atoms with Crippen LogP contribution >= 0.6 is 35.3 Å². The van der Waals surface area contributed by atoms with E-state index in [0.717, 1.165) is 17.1 Å². The zero-order chi connectivity index (χ0) is 11.5. The topological polar surface area (TPSA) is 77.3 Å². The maximum Gasteiger partial charge on any atom is 0.185 e. The molecule has 1 heterocycles. The molecule has 0 saturated carbocycles. The molecule has 0 fully saturated rings. The third-order valence-electron chi connectivity index (χ3n) is 1.86. The van der Waals surface area contributed by atoms with Gasteiger partial charge in [0.05, 0.1) is 10.7 Å². The number of rotatable bonds is 3. The molecule has 0 aliphatic heterocycles. The molecule has 1 aromatic heterocycles. The van der Waals surface area contributed by atoms with Gasteiger partial charge in [-0.1, -0.05) is 20.8 Å². The van der Waals surface area contributed by atoms with E-state index >= 15 is 0 Å². The molecular weight excluding hydrogens is 335 g/mol. The summed E-state index contributed by atoms with van der Waals surface area (Å²) in [6.45, 7) is 7.08. The molecule has 92 valence electrons. The summed E-state index contributed by atoms with van der Waals surface area (Å²) in [5, 5.41) is 3.23. The van der Waals surface area contributed by atoms with Crippen molar-refractivity contribution in [3.8, 4) is 0 Å². The second kappa shape index (κ2) is 6.39. The van der Waals surface area contributed by atoms with E-state index in [2.05, 4.69) is 36.1 Å². The highest BCUT2D eigenvalue weighted by atomic mass is 127. The lowest BCUT2D eigenvalue weighted by Crippen LogP contribution is -2.23. The number of nitrogens with zero attached hydrogens (tertiary/aromatic N) is 2. The van der Waals surface area contributed by atoms with Gasteiger partial charge in [0, 0.05) is 23.8 Å². The first-order chi connectivity index (χ1) is 6.89. The quantitative estimate of drug-likeness (QED) is 0.494. The van der Waals surface area contributed by atoms with Crippen LogP contribution in [0.25, 0.3) is 0 Å². The fourth-order valence-electron chi connectivity index (χ4n) is 1.07. The van der Waals surface area contributed by atoms with Crippen LogP contribution in [0.1, 0.15) is 31.5 Å². The molecule has 16 heavy (non-hydrogen) atoms. The summed E-state index contributed by atoms with van der Waals surface area (Å²) in [4.78, 5) is 8.47. The lowest BCUT2D eigenvalue weighted by Gasteiger charge is -2.13. The predicted octanol–water partition coefficient (Wildman–Crippen LogP) is 1.87. The van der Waals surface area contributed by atoms with Gasteiger partial charge in [-0.15, -0.1) is 35.3 Å². The smallest absolute Gasteiger partial charge is 0.185 e. The molecule has 1 aromatic rings. The number of guanidine groups is 1. The van der Waals surface area contributed by atoms with Crippen LogP contribution in [0.15, 0.2) is 10.4 Å². The highest BCUT2D eigenvalue weighted by Crippen LogP contribution is 2.25. The number of hydrogen-bond acceptors (Lipinski definition) is 3. The van der Waals surface area contributed by atoms with Crippen LogP contribution in [0.3, 0.4) is 0 Å². The van der Waals surface area contributed by atoms with Gasteiger partial charge in [0.15, 0.2) is 5.96 Å². The van der Waals surface area contributed by atoms with E-state index in [9.17, 15) is 0 Å². The first-order valence-electron chi connectivity index (χ1n) is 4.90. The summed E-state index contributed by atoms with van der Waals surface area (Å²) in [6.07, 6.45) is 0.796. The third-order valence-corrected chi connectivity index (χ3v) is 3.17. The van der Waals surface area contributed by atoms with E-state index < -0.39 is 0 Å². The Hall–Kier alpha value is -0.370. The Balaban J connectivity index is 0.00000225. The second-order valence-corrected chi connectivity index (χ2v) is 5.31. The SMILES string of the molecule is CC(C)(C)c1nc(CCN=C(N)N)cs1.I. The van der Waals surface area contributed by atoms with Crippen molar-refractivity contribution in [2.45, 2.75) is 32.6 Å². The zero-order valence-electron chi connectivity index (χ0n) is 9.86. The lowest BCUT2D eigenvalue weighted by atomic mass is 9.98. The third kappa shape index (κ3) is 5.11. The maximum absolute atomic E-state index is 5.24. The van der Waals surface area contributed by atoms with Gasteiger partial charge >= 0.3 is 0 Å². The van der Waals surface area contributed by atoms with Crippen molar-refractivity contribution in [2.24, 2.45) is 16.5 Å². The average Bonchev–Trinajstić information content (AvgIpc) is 2.51. The molecule has 4 nitrogen and oxygen atoms in total. The Morgan fingerprint density at radius 1 is 1.44 bits per heavy atom. The van der Waals surface area contributed by atoms with E-state index in [1.807, 2.05) is 0 Å². The average molecular weight is 354 g/mol. The Labute approximate surface area is 118 Å².